The smallest absolute Gasteiger partial charge is 0.238 e. The fraction of sp³-hybridized carbons (Fsp3) is 0.167. The molecule has 11 rings (SSSR count). The highest BCUT2D eigenvalue weighted by Crippen LogP contribution is 2.43. The van der Waals surface area contributed by atoms with E-state index in [2.05, 4.69) is 157 Å². The normalized spacial score (nSPS) is 11.9. The number of hydrogen-bond acceptors (Lipinski definition) is 7. The van der Waals surface area contributed by atoms with Gasteiger partial charge in [-0.3, -0.25) is 19.7 Å². The van der Waals surface area contributed by atoms with Gasteiger partial charge >= 0.3 is 0 Å². The van der Waals surface area contributed by atoms with Crippen molar-refractivity contribution >= 4 is 63.7 Å². The van der Waals surface area contributed by atoms with Crippen molar-refractivity contribution in [3.8, 4) is 44.5 Å². The Labute approximate surface area is 444 Å². The predicted octanol–water partition coefficient (Wildman–Crippen LogP) is 14.3. The van der Waals surface area contributed by atoms with Gasteiger partial charge < -0.3 is 21.0 Å². The first-order valence-electron chi connectivity index (χ1n) is 26.0. The summed E-state index contributed by atoms with van der Waals surface area (Å²) in [6, 6.07) is 45.5. The molecule has 0 saturated heterocycles. The number of anilines is 2. The van der Waals surface area contributed by atoms with Crippen LogP contribution >= 0.6 is 0 Å². The van der Waals surface area contributed by atoms with Gasteiger partial charge in [-0.25, -0.2) is 9.97 Å². The number of rotatable bonds is 13. The summed E-state index contributed by atoms with van der Waals surface area (Å²) in [6.07, 6.45) is 13.5. The Bertz CT molecular complexity index is 3800. The highest BCUT2D eigenvalue weighted by molar-refractivity contribution is 6.04. The molecule has 5 N–H and O–H groups in total. The lowest BCUT2D eigenvalue weighted by molar-refractivity contribution is -0.117. The predicted molar refractivity (Wildman–Crippen MR) is 314 cm³/mol. The van der Waals surface area contributed by atoms with Gasteiger partial charge in [0.2, 0.25) is 5.91 Å². The largest absolute Gasteiger partial charge is 0.398 e. The molecule has 10 heteroatoms. The van der Waals surface area contributed by atoms with Crippen molar-refractivity contribution in [3.05, 3.63) is 213 Å². The lowest BCUT2D eigenvalue weighted by atomic mass is 9.92. The van der Waals surface area contributed by atoms with Crippen LogP contribution in [-0.2, 0) is 17.6 Å². The average molecular weight is 996 g/mol. The van der Waals surface area contributed by atoms with E-state index >= 15 is 0 Å². The summed E-state index contributed by atoms with van der Waals surface area (Å²) in [7, 11) is 0. The van der Waals surface area contributed by atoms with Crippen LogP contribution < -0.4 is 11.1 Å². The molecular weight excluding hydrogens is 935 g/mol. The fourth-order valence-electron chi connectivity index (χ4n) is 11.3. The SMILES string of the molecule is Cc1cc(C)c(-c2c3nc(c(-c4ccccc4NC(=O)CN(CCc4ccccn4)CCc4ccccn4)c4ccc([nH]4)c(-c4c(C)cc(C)cc4C)c4nc(c(-c5ccccc5N)c5ccc2[nH]5)C=C4)C=C3)c(C)c1. The Hall–Kier alpha value is -8.99. The number of pyridine rings is 2. The first-order valence-corrected chi connectivity index (χ1v) is 26.0. The number of nitrogens with zero attached hydrogens (tertiary/aromatic N) is 5. The third-order valence-electron chi connectivity index (χ3n) is 14.5. The average Bonchev–Trinajstić information content (AvgIpc) is 4.31. The number of aromatic nitrogens is 6. The second kappa shape index (κ2) is 21.1. The van der Waals surface area contributed by atoms with E-state index in [1.54, 1.807) is 0 Å². The number of nitrogens with two attached hydrogens (primary N) is 1. The molecule has 0 radical (unpaired) electrons. The maximum atomic E-state index is 14.6. The Balaban J connectivity index is 1.15. The molecule has 0 saturated carbocycles. The summed E-state index contributed by atoms with van der Waals surface area (Å²) < 4.78 is 0. The molecule has 0 fully saturated rings. The highest BCUT2D eigenvalue weighted by Gasteiger charge is 2.24. The minimum Gasteiger partial charge on any atom is -0.398 e. The van der Waals surface area contributed by atoms with E-state index in [-0.39, 0.29) is 12.5 Å². The van der Waals surface area contributed by atoms with Gasteiger partial charge in [-0.05, 0) is 160 Å². The topological polar surface area (TPSA) is 142 Å². The van der Waals surface area contributed by atoms with Crippen molar-refractivity contribution in [1.29, 1.82) is 0 Å². The first-order chi connectivity index (χ1) is 36.9. The van der Waals surface area contributed by atoms with Crippen LogP contribution in [0.25, 0.3) is 90.9 Å². The number of aromatic amines is 2. The third kappa shape index (κ3) is 10.0. The molecule has 2 aliphatic rings. The zero-order valence-corrected chi connectivity index (χ0v) is 43.9. The molecule has 9 aromatic rings. The zero-order valence-electron chi connectivity index (χ0n) is 43.9. The number of aryl methyl sites for hydroxylation is 6. The molecule has 376 valence electrons. The van der Waals surface area contributed by atoms with Crippen LogP contribution in [0.5, 0.6) is 0 Å². The number of amides is 1. The quantitative estimate of drug-likeness (QED) is 0.0843. The first kappa shape index (κ1) is 49.2. The summed E-state index contributed by atoms with van der Waals surface area (Å²) in [5.41, 5.74) is 31.4. The molecule has 10 nitrogen and oxygen atoms in total. The summed E-state index contributed by atoms with van der Waals surface area (Å²) >= 11 is 0. The molecule has 7 heterocycles. The monoisotopic (exact) mass is 995 g/mol. The minimum atomic E-state index is -0.123. The molecule has 0 atom stereocenters. The summed E-state index contributed by atoms with van der Waals surface area (Å²) in [6.45, 7) is 14.5. The minimum absolute atomic E-state index is 0.123. The van der Waals surface area contributed by atoms with Gasteiger partial charge in [-0.15, -0.1) is 0 Å². The standard InChI is InChI=1S/C66H61N9O/c1-40-35-42(3)61(43(4)36-40)65-56-25-21-52(70-56)63(48-17-7-9-19-50(48)67)53-22-26-57(71-53)66(62-44(5)37-41(2)38-45(62)6)59-28-24-55(73-59)64(54-23-27-58(65)72-54)49-18-8-10-20-51(49)74-60(76)39-75(33-29-46-15-11-13-31-68-46)34-30-47-16-12-14-32-69-47/h7-28,31-32,35-38,70,73H,29-30,33-34,39,67H2,1-6H3,(H,74,76). The Kier molecular flexibility index (Phi) is 13.7. The Morgan fingerprint density at radius 3 is 1.36 bits per heavy atom. The number of para-hydroxylation sites is 2. The molecule has 76 heavy (non-hydrogen) atoms. The van der Waals surface area contributed by atoms with E-state index in [0.717, 1.165) is 123 Å². The van der Waals surface area contributed by atoms with Crippen LogP contribution in [0.4, 0.5) is 11.4 Å². The van der Waals surface area contributed by atoms with E-state index in [1.807, 2.05) is 85.2 Å². The van der Waals surface area contributed by atoms with E-state index in [0.29, 0.717) is 37.3 Å². The number of H-pyrrole nitrogens is 2. The molecule has 0 spiro atoms. The molecule has 4 aromatic carbocycles. The summed E-state index contributed by atoms with van der Waals surface area (Å²) in [5.74, 6) is -0.123. The van der Waals surface area contributed by atoms with Crippen molar-refractivity contribution in [3.63, 3.8) is 0 Å². The molecule has 0 unspecified atom stereocenters. The summed E-state index contributed by atoms with van der Waals surface area (Å²) in [4.78, 5) is 44.9. The molecule has 2 aliphatic heterocycles. The fourth-order valence-corrected chi connectivity index (χ4v) is 11.3. The number of fused-ring (bicyclic) bond motifs is 8. The van der Waals surface area contributed by atoms with Crippen molar-refractivity contribution in [1.82, 2.24) is 34.8 Å². The van der Waals surface area contributed by atoms with Crippen LogP contribution in [0.3, 0.4) is 0 Å². The van der Waals surface area contributed by atoms with Crippen LogP contribution in [0, 0.1) is 41.5 Å². The third-order valence-corrected chi connectivity index (χ3v) is 14.5. The van der Waals surface area contributed by atoms with Gasteiger partial charge in [0, 0.05) is 117 Å². The number of carbonyl (C=O) groups is 1. The van der Waals surface area contributed by atoms with Gasteiger partial charge in [-0.2, -0.15) is 0 Å². The van der Waals surface area contributed by atoms with Gasteiger partial charge in [0.15, 0.2) is 0 Å². The van der Waals surface area contributed by atoms with Gasteiger partial charge in [0.05, 0.1) is 29.3 Å². The number of nitrogens with one attached hydrogen (secondary N) is 3. The second-order valence-corrected chi connectivity index (χ2v) is 20.1. The second-order valence-electron chi connectivity index (χ2n) is 20.1. The Morgan fingerprint density at radius 1 is 0.487 bits per heavy atom. The lowest BCUT2D eigenvalue weighted by Gasteiger charge is -2.22. The van der Waals surface area contributed by atoms with Crippen LogP contribution in [0.1, 0.15) is 67.5 Å². The van der Waals surface area contributed by atoms with E-state index < -0.39 is 0 Å². The number of hydrogen-bond donors (Lipinski definition) is 4. The van der Waals surface area contributed by atoms with Crippen LogP contribution in [-0.4, -0.2) is 60.3 Å². The van der Waals surface area contributed by atoms with Crippen molar-refractivity contribution in [2.75, 3.05) is 30.7 Å². The number of nitrogen functional groups attached to an aromatic ring is 1. The molecule has 0 aliphatic carbocycles. The molecular formula is C66H61N9O. The lowest BCUT2D eigenvalue weighted by Crippen LogP contribution is -2.36. The van der Waals surface area contributed by atoms with Gasteiger partial charge in [-0.1, -0.05) is 83.9 Å². The number of benzene rings is 4. The highest BCUT2D eigenvalue weighted by atomic mass is 16.2. The maximum absolute atomic E-state index is 14.6. The number of carbonyl (C=O) groups excluding carboxylic acids is 1. The van der Waals surface area contributed by atoms with Crippen LogP contribution in [0.2, 0.25) is 0 Å². The maximum Gasteiger partial charge on any atom is 0.238 e. The van der Waals surface area contributed by atoms with Gasteiger partial charge in [0.1, 0.15) is 0 Å². The molecule has 1 amide bonds. The Morgan fingerprint density at radius 2 is 0.895 bits per heavy atom. The van der Waals surface area contributed by atoms with Crippen molar-refractivity contribution in [2.24, 2.45) is 0 Å². The van der Waals surface area contributed by atoms with Gasteiger partial charge in [0.25, 0.3) is 0 Å². The van der Waals surface area contributed by atoms with Crippen molar-refractivity contribution < 1.29 is 4.79 Å². The molecule has 8 bridgehead atoms. The molecule has 5 aromatic heterocycles. The zero-order chi connectivity index (χ0) is 52.5. The van der Waals surface area contributed by atoms with Crippen LogP contribution in [0.15, 0.2) is 146 Å². The van der Waals surface area contributed by atoms with Crippen molar-refractivity contribution in [2.45, 2.75) is 54.4 Å². The van der Waals surface area contributed by atoms with E-state index in [1.165, 1.54) is 11.1 Å². The van der Waals surface area contributed by atoms with E-state index in [9.17, 15) is 4.79 Å². The van der Waals surface area contributed by atoms with E-state index in [4.69, 9.17) is 15.7 Å². The summed E-state index contributed by atoms with van der Waals surface area (Å²) in [5, 5.41) is 3.38.